The number of carbonyl (C=O) groups is 2. The molecule has 4 heterocycles. The standard InChI is InChI=1S/C28H33ClF3N5O4S/c1-17(2)9-26(38)33-13-19-11-22(42(40,41)36-8-7-28(31,32)16-36)12-25(34-19)37-20-4-5-21(37)15-35(14-20)27(39)23-6-3-18(30)10-24(23)29/h3,6,10-12,17,20-21H,4-5,7-9,13-16H2,1-2H3,(H,33,38). The number of nitrogens with zero attached hydrogens (tertiary/aromatic N) is 4. The molecule has 1 aromatic carbocycles. The highest BCUT2D eigenvalue weighted by Crippen LogP contribution is 2.37. The van der Waals surface area contributed by atoms with Crippen molar-refractivity contribution in [3.05, 3.63) is 52.4 Å². The number of hydrogen-bond acceptors (Lipinski definition) is 6. The molecule has 0 radical (unpaired) electrons. The molecule has 1 aromatic heterocycles. The average molecular weight is 628 g/mol. The van der Waals surface area contributed by atoms with Gasteiger partial charge in [0.1, 0.15) is 11.6 Å². The first-order chi connectivity index (χ1) is 19.7. The van der Waals surface area contributed by atoms with Gasteiger partial charge in [0, 0.05) is 50.6 Å². The van der Waals surface area contributed by atoms with Gasteiger partial charge in [0.25, 0.3) is 11.8 Å². The molecular formula is C28H33ClF3N5O4S. The molecule has 3 aliphatic heterocycles. The summed E-state index contributed by atoms with van der Waals surface area (Å²) in [5, 5.41) is 2.79. The van der Waals surface area contributed by atoms with Crippen molar-refractivity contribution in [3.8, 4) is 0 Å². The Morgan fingerprint density at radius 2 is 1.83 bits per heavy atom. The first-order valence-corrected chi connectivity index (χ1v) is 15.7. The minimum atomic E-state index is -4.27. The molecule has 2 bridgehead atoms. The largest absolute Gasteiger partial charge is 0.350 e. The van der Waals surface area contributed by atoms with Crippen LogP contribution in [0.2, 0.25) is 5.02 Å². The van der Waals surface area contributed by atoms with Crippen LogP contribution >= 0.6 is 11.6 Å². The smallest absolute Gasteiger partial charge is 0.262 e. The van der Waals surface area contributed by atoms with Crippen molar-refractivity contribution < 1.29 is 31.2 Å². The molecular weight excluding hydrogens is 595 g/mol. The fourth-order valence-electron chi connectivity index (χ4n) is 5.88. The van der Waals surface area contributed by atoms with Crippen molar-refractivity contribution in [2.24, 2.45) is 5.92 Å². The fraction of sp³-hybridized carbons (Fsp3) is 0.536. The summed E-state index contributed by atoms with van der Waals surface area (Å²) in [5.74, 6) is -3.73. The number of aromatic nitrogens is 1. The maximum atomic E-state index is 14.0. The maximum Gasteiger partial charge on any atom is 0.262 e. The van der Waals surface area contributed by atoms with Gasteiger partial charge in [0.15, 0.2) is 0 Å². The van der Waals surface area contributed by atoms with Gasteiger partial charge in [-0.3, -0.25) is 9.59 Å². The quantitative estimate of drug-likeness (QED) is 0.474. The number of pyridine rings is 1. The molecule has 0 saturated carbocycles. The van der Waals surface area contributed by atoms with E-state index in [9.17, 15) is 31.2 Å². The van der Waals surface area contributed by atoms with Crippen LogP contribution in [0.3, 0.4) is 0 Å². The molecule has 228 valence electrons. The number of benzene rings is 1. The van der Waals surface area contributed by atoms with Gasteiger partial charge in [-0.05, 0) is 43.0 Å². The summed E-state index contributed by atoms with van der Waals surface area (Å²) < 4.78 is 69.2. The van der Waals surface area contributed by atoms with E-state index in [4.69, 9.17) is 11.6 Å². The van der Waals surface area contributed by atoms with Crippen molar-refractivity contribution in [3.63, 3.8) is 0 Å². The summed E-state index contributed by atoms with van der Waals surface area (Å²) >= 11 is 6.14. The number of likely N-dealkylation sites (tertiary alicyclic amines) is 1. The zero-order valence-corrected chi connectivity index (χ0v) is 24.9. The molecule has 14 heteroatoms. The lowest BCUT2D eigenvalue weighted by atomic mass is 10.1. The molecule has 1 N–H and O–H groups in total. The highest BCUT2D eigenvalue weighted by Gasteiger charge is 2.45. The van der Waals surface area contributed by atoms with E-state index in [0.717, 1.165) is 10.4 Å². The molecule has 42 heavy (non-hydrogen) atoms. The molecule has 3 aliphatic rings. The van der Waals surface area contributed by atoms with E-state index in [1.165, 1.54) is 24.3 Å². The lowest BCUT2D eigenvalue weighted by molar-refractivity contribution is -0.121. The van der Waals surface area contributed by atoms with E-state index in [0.29, 0.717) is 31.7 Å². The van der Waals surface area contributed by atoms with Crippen LogP contribution in [-0.4, -0.2) is 78.6 Å². The van der Waals surface area contributed by atoms with E-state index in [2.05, 4.69) is 10.3 Å². The van der Waals surface area contributed by atoms with Crippen molar-refractivity contribution >= 4 is 39.3 Å². The predicted molar refractivity (Wildman–Crippen MR) is 150 cm³/mol. The topological polar surface area (TPSA) is 103 Å². The number of alkyl halides is 2. The predicted octanol–water partition coefficient (Wildman–Crippen LogP) is 4.06. The maximum absolute atomic E-state index is 14.0. The molecule has 3 saturated heterocycles. The first-order valence-electron chi connectivity index (χ1n) is 13.9. The molecule has 0 aliphatic carbocycles. The van der Waals surface area contributed by atoms with E-state index >= 15 is 0 Å². The number of nitrogens with one attached hydrogen (secondary N) is 1. The number of rotatable bonds is 8. The van der Waals surface area contributed by atoms with Gasteiger partial charge >= 0.3 is 0 Å². The molecule has 3 fully saturated rings. The zero-order valence-electron chi connectivity index (χ0n) is 23.3. The Balaban J connectivity index is 1.43. The number of amides is 2. The van der Waals surface area contributed by atoms with Gasteiger partial charge in [-0.2, -0.15) is 4.31 Å². The van der Waals surface area contributed by atoms with Crippen LogP contribution in [0.25, 0.3) is 0 Å². The Labute approximate surface area is 248 Å². The molecule has 2 atom stereocenters. The van der Waals surface area contributed by atoms with Crippen molar-refractivity contribution in [1.29, 1.82) is 0 Å². The Hall–Kier alpha value is -2.90. The number of fused-ring (bicyclic) bond motifs is 2. The summed E-state index contributed by atoms with van der Waals surface area (Å²) in [4.78, 5) is 33.7. The monoisotopic (exact) mass is 627 g/mol. The van der Waals surface area contributed by atoms with Gasteiger partial charge in [-0.15, -0.1) is 0 Å². The molecule has 5 rings (SSSR count). The molecule has 9 nitrogen and oxygen atoms in total. The molecule has 2 aromatic rings. The second kappa shape index (κ2) is 11.6. The van der Waals surface area contributed by atoms with Gasteiger partial charge < -0.3 is 15.1 Å². The minimum Gasteiger partial charge on any atom is -0.350 e. The summed E-state index contributed by atoms with van der Waals surface area (Å²) in [6.07, 6.45) is 1.15. The SMILES string of the molecule is CC(C)CC(=O)NCc1cc(S(=O)(=O)N2CCC(F)(F)C2)cc(N2C3CCC2CN(C(=O)c2ccc(F)cc2Cl)C3)n1. The summed E-state index contributed by atoms with van der Waals surface area (Å²) in [7, 11) is -4.27. The summed E-state index contributed by atoms with van der Waals surface area (Å²) in [6.45, 7) is 3.19. The third-order valence-corrected chi connectivity index (χ3v) is 10.0. The van der Waals surface area contributed by atoms with Gasteiger partial charge in [-0.1, -0.05) is 25.4 Å². The number of halogens is 4. The molecule has 2 amide bonds. The van der Waals surface area contributed by atoms with E-state index in [1.807, 2.05) is 18.7 Å². The van der Waals surface area contributed by atoms with Gasteiger partial charge in [0.2, 0.25) is 15.9 Å². The first kappa shape index (κ1) is 30.6. The molecule has 2 unspecified atom stereocenters. The zero-order chi connectivity index (χ0) is 30.4. The van der Waals surface area contributed by atoms with Crippen LogP contribution in [0.4, 0.5) is 19.0 Å². The highest BCUT2D eigenvalue weighted by atomic mass is 35.5. The normalized spacial score (nSPS) is 22.2. The van der Waals surface area contributed by atoms with Gasteiger partial charge in [-0.25, -0.2) is 26.6 Å². The van der Waals surface area contributed by atoms with Crippen LogP contribution in [0.15, 0.2) is 35.2 Å². The second-order valence-corrected chi connectivity index (χ2v) is 13.9. The fourth-order valence-corrected chi connectivity index (χ4v) is 7.66. The Morgan fingerprint density at radius 1 is 1.14 bits per heavy atom. The third kappa shape index (κ3) is 6.37. The van der Waals surface area contributed by atoms with Crippen LogP contribution in [0, 0.1) is 11.7 Å². The summed E-state index contributed by atoms with van der Waals surface area (Å²) in [6, 6.07) is 5.94. The highest BCUT2D eigenvalue weighted by molar-refractivity contribution is 7.89. The van der Waals surface area contributed by atoms with E-state index < -0.39 is 34.7 Å². The van der Waals surface area contributed by atoms with Crippen LogP contribution in [0.1, 0.15) is 55.6 Å². The number of sulfonamides is 1. The van der Waals surface area contributed by atoms with Crippen LogP contribution in [0.5, 0.6) is 0 Å². The van der Waals surface area contributed by atoms with E-state index in [-0.39, 0.29) is 70.5 Å². The number of piperazine rings is 1. The van der Waals surface area contributed by atoms with E-state index in [1.54, 1.807) is 4.90 Å². The second-order valence-electron chi connectivity index (χ2n) is 11.6. The number of anilines is 1. The third-order valence-electron chi connectivity index (χ3n) is 7.87. The van der Waals surface area contributed by atoms with Crippen LogP contribution in [-0.2, 0) is 21.4 Å². The molecule has 0 spiro atoms. The average Bonchev–Trinajstić information content (AvgIpc) is 3.41. The van der Waals surface area contributed by atoms with Crippen molar-refractivity contribution in [1.82, 2.24) is 19.5 Å². The lowest BCUT2D eigenvalue weighted by Gasteiger charge is -2.42. The minimum absolute atomic E-state index is 0.0194. The van der Waals surface area contributed by atoms with Gasteiger partial charge in [0.05, 0.1) is 34.3 Å². The Kier molecular flexibility index (Phi) is 8.47. The Morgan fingerprint density at radius 3 is 2.43 bits per heavy atom. The number of carbonyl (C=O) groups excluding carboxylic acids is 2. The van der Waals surface area contributed by atoms with Crippen LogP contribution < -0.4 is 10.2 Å². The van der Waals surface area contributed by atoms with Crippen molar-refractivity contribution in [2.45, 2.75) is 69.0 Å². The summed E-state index contributed by atoms with van der Waals surface area (Å²) in [5.41, 5.74) is 0.476. The van der Waals surface area contributed by atoms with Crippen molar-refractivity contribution in [2.75, 3.05) is 31.1 Å². The Bertz CT molecular complexity index is 1480. The lowest BCUT2D eigenvalue weighted by Crippen LogP contribution is -2.55. The number of hydrogen-bond donors (Lipinski definition) is 1.